The molecule has 0 aliphatic carbocycles. The van der Waals surface area contributed by atoms with Crippen LogP contribution in [-0.2, 0) is 4.79 Å². The lowest BCUT2D eigenvalue weighted by atomic mass is 10.4. The Labute approximate surface area is 142 Å². The van der Waals surface area contributed by atoms with Crippen LogP contribution in [-0.4, -0.2) is 41.6 Å². The summed E-state index contributed by atoms with van der Waals surface area (Å²) in [6.07, 6.45) is 2.99. The quantitative estimate of drug-likeness (QED) is 0.706. The zero-order chi connectivity index (χ0) is 16.9. The van der Waals surface area contributed by atoms with Crippen LogP contribution in [0.15, 0.2) is 41.8 Å². The monoisotopic (exact) mass is 341 g/mol. The van der Waals surface area contributed by atoms with Crippen LogP contribution in [0.1, 0.15) is 11.4 Å². The highest BCUT2D eigenvalue weighted by Gasteiger charge is 2.09. The highest BCUT2D eigenvalue weighted by atomic mass is 32.2. The Hall–Kier alpha value is -2.81. The molecule has 8 nitrogen and oxygen atoms in total. The van der Waals surface area contributed by atoms with Gasteiger partial charge in [-0.2, -0.15) is 10.2 Å². The number of carbonyl (C=O) groups excluding carboxylic acids is 1. The minimum Gasteiger partial charge on any atom is -0.310 e. The molecule has 24 heavy (non-hydrogen) atoms. The SMILES string of the molecule is Cc1cc(C)n(-c2cc(NC(=O)CSc3cccnn3)ncn2)n1. The number of rotatable bonds is 5. The van der Waals surface area contributed by atoms with Crippen molar-refractivity contribution in [3.63, 3.8) is 0 Å². The predicted octanol–water partition coefficient (Wildman–Crippen LogP) is 1.80. The van der Waals surface area contributed by atoms with Gasteiger partial charge in [0, 0.05) is 18.0 Å². The third kappa shape index (κ3) is 3.93. The van der Waals surface area contributed by atoms with Gasteiger partial charge in [-0.15, -0.1) is 5.10 Å². The molecule has 0 radical (unpaired) electrons. The molecule has 122 valence electrons. The largest absolute Gasteiger partial charge is 0.310 e. The van der Waals surface area contributed by atoms with Crippen molar-refractivity contribution < 1.29 is 4.79 Å². The van der Waals surface area contributed by atoms with Crippen LogP contribution < -0.4 is 5.32 Å². The van der Waals surface area contributed by atoms with Crippen LogP contribution in [0, 0.1) is 13.8 Å². The lowest BCUT2D eigenvalue weighted by Crippen LogP contribution is -2.16. The average Bonchev–Trinajstić information content (AvgIpc) is 2.93. The number of carbonyl (C=O) groups is 1. The van der Waals surface area contributed by atoms with E-state index in [4.69, 9.17) is 0 Å². The Kier molecular flexibility index (Phi) is 4.80. The second-order valence-electron chi connectivity index (χ2n) is 5.00. The van der Waals surface area contributed by atoms with Crippen molar-refractivity contribution in [1.29, 1.82) is 0 Å². The molecule has 1 amide bonds. The summed E-state index contributed by atoms with van der Waals surface area (Å²) in [5.74, 6) is 1.08. The van der Waals surface area contributed by atoms with Crippen molar-refractivity contribution in [2.75, 3.05) is 11.1 Å². The summed E-state index contributed by atoms with van der Waals surface area (Å²) in [5.41, 5.74) is 1.86. The first-order valence-electron chi connectivity index (χ1n) is 7.18. The standard InChI is InChI=1S/C15H15N7OS/c1-10-6-11(2)22(21-10)13-7-12(16-9-17-13)19-14(23)8-24-15-4-3-5-18-20-15/h3-7,9H,8H2,1-2H3,(H,16,17,19,23). The number of nitrogens with zero attached hydrogens (tertiary/aromatic N) is 6. The molecular weight excluding hydrogens is 326 g/mol. The maximum Gasteiger partial charge on any atom is 0.235 e. The number of amides is 1. The van der Waals surface area contributed by atoms with Gasteiger partial charge in [0.2, 0.25) is 5.91 Å². The van der Waals surface area contributed by atoms with E-state index < -0.39 is 0 Å². The minimum absolute atomic E-state index is 0.177. The molecule has 3 aromatic rings. The van der Waals surface area contributed by atoms with E-state index in [1.165, 1.54) is 18.1 Å². The van der Waals surface area contributed by atoms with Crippen LogP contribution in [0.4, 0.5) is 5.82 Å². The molecule has 0 unspecified atom stereocenters. The Morgan fingerprint density at radius 1 is 1.29 bits per heavy atom. The minimum atomic E-state index is -0.177. The zero-order valence-electron chi connectivity index (χ0n) is 13.2. The molecule has 0 saturated heterocycles. The zero-order valence-corrected chi connectivity index (χ0v) is 14.0. The van der Waals surface area contributed by atoms with Gasteiger partial charge in [0.1, 0.15) is 17.2 Å². The highest BCUT2D eigenvalue weighted by molar-refractivity contribution is 7.99. The fourth-order valence-electron chi connectivity index (χ4n) is 2.07. The van der Waals surface area contributed by atoms with Gasteiger partial charge in [0.05, 0.1) is 11.4 Å². The van der Waals surface area contributed by atoms with Gasteiger partial charge >= 0.3 is 0 Å². The molecule has 1 N–H and O–H groups in total. The summed E-state index contributed by atoms with van der Waals surface area (Å²) in [6.45, 7) is 3.86. The van der Waals surface area contributed by atoms with Crippen molar-refractivity contribution in [3.05, 3.63) is 48.2 Å². The van der Waals surface area contributed by atoms with Crippen molar-refractivity contribution in [2.45, 2.75) is 18.9 Å². The Bertz CT molecular complexity index is 850. The van der Waals surface area contributed by atoms with Crippen molar-refractivity contribution in [3.8, 4) is 5.82 Å². The molecule has 3 heterocycles. The lowest BCUT2D eigenvalue weighted by Gasteiger charge is -2.07. The Morgan fingerprint density at radius 3 is 2.88 bits per heavy atom. The van der Waals surface area contributed by atoms with Gasteiger partial charge in [-0.1, -0.05) is 11.8 Å². The number of nitrogens with one attached hydrogen (secondary N) is 1. The van der Waals surface area contributed by atoms with E-state index in [0.29, 0.717) is 16.7 Å². The lowest BCUT2D eigenvalue weighted by molar-refractivity contribution is -0.113. The summed E-state index contributed by atoms with van der Waals surface area (Å²) < 4.78 is 1.71. The molecule has 0 atom stereocenters. The first kappa shape index (κ1) is 16.1. The maximum absolute atomic E-state index is 12.0. The van der Waals surface area contributed by atoms with Crippen LogP contribution >= 0.6 is 11.8 Å². The summed E-state index contributed by atoms with van der Waals surface area (Å²) in [6, 6.07) is 7.22. The van der Waals surface area contributed by atoms with E-state index in [9.17, 15) is 4.79 Å². The Balaban J connectivity index is 1.66. The van der Waals surface area contributed by atoms with Crippen molar-refractivity contribution in [2.24, 2.45) is 0 Å². The van der Waals surface area contributed by atoms with Crippen LogP contribution in [0.25, 0.3) is 5.82 Å². The second kappa shape index (κ2) is 7.18. The van der Waals surface area contributed by atoms with Crippen LogP contribution in [0.5, 0.6) is 0 Å². The van der Waals surface area contributed by atoms with E-state index in [2.05, 4.69) is 30.6 Å². The normalized spacial score (nSPS) is 10.6. The summed E-state index contributed by atoms with van der Waals surface area (Å²) >= 11 is 1.31. The molecule has 3 rings (SSSR count). The van der Waals surface area contributed by atoms with E-state index in [0.717, 1.165) is 11.4 Å². The molecule has 0 saturated carbocycles. The number of hydrogen-bond acceptors (Lipinski definition) is 7. The smallest absolute Gasteiger partial charge is 0.235 e. The topological polar surface area (TPSA) is 98.5 Å². The number of aryl methyl sites for hydroxylation is 2. The molecule has 0 bridgehead atoms. The highest BCUT2D eigenvalue weighted by Crippen LogP contribution is 2.15. The molecule has 0 aliphatic heterocycles. The van der Waals surface area contributed by atoms with Gasteiger partial charge in [-0.05, 0) is 32.0 Å². The third-order valence-electron chi connectivity index (χ3n) is 3.05. The van der Waals surface area contributed by atoms with E-state index >= 15 is 0 Å². The third-order valence-corrected chi connectivity index (χ3v) is 3.97. The molecule has 0 fully saturated rings. The number of anilines is 1. The van der Waals surface area contributed by atoms with Gasteiger partial charge in [0.25, 0.3) is 0 Å². The fraction of sp³-hybridized carbons (Fsp3) is 0.200. The number of hydrogen-bond donors (Lipinski definition) is 1. The summed E-state index contributed by atoms with van der Waals surface area (Å²) in [7, 11) is 0. The molecule has 0 aromatic carbocycles. The van der Waals surface area contributed by atoms with E-state index in [1.54, 1.807) is 29.1 Å². The molecule has 9 heteroatoms. The van der Waals surface area contributed by atoms with Crippen LogP contribution in [0.3, 0.4) is 0 Å². The second-order valence-corrected chi connectivity index (χ2v) is 5.99. The van der Waals surface area contributed by atoms with Gasteiger partial charge in [0.15, 0.2) is 5.82 Å². The number of thioether (sulfide) groups is 1. The first-order chi connectivity index (χ1) is 11.6. The molecule has 3 aromatic heterocycles. The van der Waals surface area contributed by atoms with Crippen LogP contribution in [0.2, 0.25) is 0 Å². The predicted molar refractivity (Wildman–Crippen MR) is 90.0 cm³/mol. The Morgan fingerprint density at radius 2 is 2.17 bits per heavy atom. The average molecular weight is 341 g/mol. The van der Waals surface area contributed by atoms with E-state index in [1.807, 2.05) is 19.9 Å². The first-order valence-corrected chi connectivity index (χ1v) is 8.16. The molecule has 0 aliphatic rings. The van der Waals surface area contributed by atoms with Gasteiger partial charge in [-0.25, -0.2) is 14.6 Å². The summed E-state index contributed by atoms with van der Waals surface area (Å²) in [4.78, 5) is 20.3. The van der Waals surface area contributed by atoms with Gasteiger partial charge < -0.3 is 5.32 Å². The van der Waals surface area contributed by atoms with Crippen molar-refractivity contribution >= 4 is 23.5 Å². The molecule has 0 spiro atoms. The van der Waals surface area contributed by atoms with Gasteiger partial charge in [-0.3, -0.25) is 4.79 Å². The fourth-order valence-corrected chi connectivity index (χ4v) is 2.71. The van der Waals surface area contributed by atoms with Crippen molar-refractivity contribution in [1.82, 2.24) is 29.9 Å². The number of aromatic nitrogens is 6. The van der Waals surface area contributed by atoms with E-state index in [-0.39, 0.29) is 11.7 Å². The molecular formula is C15H15N7OS. The maximum atomic E-state index is 12.0. The summed E-state index contributed by atoms with van der Waals surface area (Å²) in [5, 5.41) is 15.5.